The normalized spacial score (nSPS) is 26.3. The minimum absolute atomic E-state index is 0.0952. The Morgan fingerprint density at radius 3 is 2.36 bits per heavy atom. The maximum atomic E-state index is 13.0. The monoisotopic (exact) mass is 630 g/mol. The van der Waals surface area contributed by atoms with Gasteiger partial charge in [0, 0.05) is 18.2 Å². The molecule has 1 aromatic carbocycles. The molecule has 5 atom stereocenters. The number of sulfonamides is 1. The Morgan fingerprint density at radius 2 is 1.69 bits per heavy atom. The summed E-state index contributed by atoms with van der Waals surface area (Å²) in [5.41, 5.74) is 0. The van der Waals surface area contributed by atoms with Crippen molar-refractivity contribution in [2.45, 2.75) is 126 Å². The molecule has 0 radical (unpaired) electrons. The Hall–Kier alpha value is -1.47. The summed E-state index contributed by atoms with van der Waals surface area (Å²) in [6.45, 7) is 8.47. The van der Waals surface area contributed by atoms with E-state index in [9.17, 15) is 13.2 Å². The number of likely N-dealkylation sites (tertiary alicyclic amines) is 1. The van der Waals surface area contributed by atoms with Crippen LogP contribution in [-0.4, -0.2) is 82.1 Å². The molecule has 3 fully saturated rings. The maximum absolute atomic E-state index is 13.0. The molecule has 0 aromatic heterocycles. The summed E-state index contributed by atoms with van der Waals surface area (Å²) in [4.78, 5) is 15.1. The maximum Gasteiger partial charge on any atom is 0.421 e. The molecule has 12 heteroatoms. The molecule has 238 valence electrons. The highest BCUT2D eigenvalue weighted by Gasteiger charge is 2.58. The van der Waals surface area contributed by atoms with Crippen LogP contribution in [0.25, 0.3) is 0 Å². The summed E-state index contributed by atoms with van der Waals surface area (Å²) in [6.07, 6.45) is 7.21. The van der Waals surface area contributed by atoms with Crippen molar-refractivity contribution in [3.63, 3.8) is 0 Å². The lowest BCUT2D eigenvalue weighted by atomic mass is 10.0. The average Bonchev–Trinajstić information content (AvgIpc) is 3.62. The molecule has 3 aliphatic heterocycles. The molecular weight excluding hydrogens is 584 g/mol. The highest BCUT2D eigenvalue weighted by atomic mass is 35.5. The topological polar surface area (TPSA) is 113 Å². The zero-order chi connectivity index (χ0) is 30.2. The average molecular weight is 631 g/mol. The number of hydrogen-bond acceptors (Lipinski definition) is 9. The lowest BCUT2D eigenvalue weighted by molar-refractivity contribution is -0.230. The number of nitrogens with one attached hydrogen (secondary N) is 1. The number of nitrogens with zero attached hydrogens (tertiary/aromatic N) is 1. The number of carbonyl (C=O) groups is 1. The van der Waals surface area contributed by atoms with Crippen molar-refractivity contribution in [1.82, 2.24) is 9.62 Å². The first-order valence-corrected chi connectivity index (χ1v) is 17.3. The van der Waals surface area contributed by atoms with Gasteiger partial charge in [-0.3, -0.25) is 4.90 Å². The number of fused-ring (bicyclic) bond motifs is 1. The van der Waals surface area contributed by atoms with Crippen molar-refractivity contribution in [2.75, 3.05) is 26.2 Å². The van der Waals surface area contributed by atoms with Gasteiger partial charge in [0.05, 0.1) is 4.90 Å². The van der Waals surface area contributed by atoms with Gasteiger partial charge in [0.2, 0.25) is 0 Å². The molecule has 3 aliphatic rings. The zero-order valence-electron chi connectivity index (χ0n) is 25.1. The van der Waals surface area contributed by atoms with Crippen LogP contribution < -0.4 is 4.72 Å². The molecule has 10 nitrogen and oxygen atoms in total. The molecular formula is C30H47ClN2O8S. The molecule has 0 spiro atoms. The van der Waals surface area contributed by atoms with Gasteiger partial charge < -0.3 is 23.7 Å². The molecule has 4 rings (SSSR count). The minimum Gasteiger partial charge on any atom is -0.441 e. The Kier molecular flexibility index (Phi) is 12.3. The van der Waals surface area contributed by atoms with E-state index < -0.39 is 52.6 Å². The number of halogens is 1. The smallest absolute Gasteiger partial charge is 0.421 e. The van der Waals surface area contributed by atoms with E-state index in [1.165, 1.54) is 62.8 Å². The van der Waals surface area contributed by atoms with Gasteiger partial charge in [0.25, 0.3) is 10.0 Å². The first-order valence-electron chi connectivity index (χ1n) is 15.4. The molecule has 0 saturated carbocycles. The van der Waals surface area contributed by atoms with Crippen molar-refractivity contribution >= 4 is 27.7 Å². The quantitative estimate of drug-likeness (QED) is 0.233. The number of amides is 1. The van der Waals surface area contributed by atoms with Crippen LogP contribution in [0.4, 0.5) is 4.79 Å². The Bertz CT molecular complexity index is 1100. The van der Waals surface area contributed by atoms with E-state index in [0.717, 1.165) is 38.8 Å². The fourth-order valence-corrected chi connectivity index (χ4v) is 6.83. The van der Waals surface area contributed by atoms with Crippen LogP contribution in [0.1, 0.15) is 85.0 Å². The van der Waals surface area contributed by atoms with E-state index in [2.05, 4.69) is 11.8 Å². The van der Waals surface area contributed by atoms with Crippen LogP contribution in [-0.2, 0) is 33.7 Å². The fraction of sp³-hybridized carbons (Fsp3) is 0.767. The summed E-state index contributed by atoms with van der Waals surface area (Å²) < 4.78 is 58.4. The number of unbranched alkanes of at least 4 members (excludes halogenated alkanes) is 7. The van der Waals surface area contributed by atoms with Gasteiger partial charge in [0.1, 0.15) is 24.4 Å². The third-order valence-corrected chi connectivity index (χ3v) is 9.52. The van der Waals surface area contributed by atoms with Crippen molar-refractivity contribution in [2.24, 2.45) is 0 Å². The van der Waals surface area contributed by atoms with Crippen LogP contribution in [0, 0.1) is 0 Å². The van der Waals surface area contributed by atoms with Crippen LogP contribution >= 0.6 is 11.6 Å². The number of carbonyl (C=O) groups excluding carboxylic acids is 1. The van der Waals surface area contributed by atoms with E-state index in [0.29, 0.717) is 18.2 Å². The van der Waals surface area contributed by atoms with Crippen molar-refractivity contribution in [3.05, 3.63) is 29.3 Å². The molecule has 1 N–H and O–H groups in total. The standard InChI is InChI=1S/C30H47ClN2O8S/c1-4-5-6-7-8-9-10-13-20-37-26-25(39-28-27(26)40-30(2,3)41-28)24(21-33-18-11-12-19-33)38-29(34)32-42(35,36)23-16-14-22(31)15-17-23/h14-17,24-28H,4-13,18-21H2,1-3H3,(H,32,34)/t24-,25-,26+,27-,28-/m1/s1. The van der Waals surface area contributed by atoms with E-state index in [1.807, 2.05) is 18.6 Å². The van der Waals surface area contributed by atoms with E-state index in [1.54, 1.807) is 0 Å². The van der Waals surface area contributed by atoms with Crippen molar-refractivity contribution in [1.29, 1.82) is 0 Å². The molecule has 1 aromatic rings. The van der Waals surface area contributed by atoms with Gasteiger partial charge >= 0.3 is 6.09 Å². The van der Waals surface area contributed by atoms with Crippen LogP contribution in [0.3, 0.4) is 0 Å². The number of benzene rings is 1. The summed E-state index contributed by atoms with van der Waals surface area (Å²) >= 11 is 5.89. The van der Waals surface area contributed by atoms with Crippen LogP contribution in [0.5, 0.6) is 0 Å². The third-order valence-electron chi connectivity index (χ3n) is 7.94. The summed E-state index contributed by atoms with van der Waals surface area (Å²) in [5.74, 6) is -0.838. The predicted molar refractivity (Wildman–Crippen MR) is 159 cm³/mol. The molecule has 0 aliphatic carbocycles. The zero-order valence-corrected chi connectivity index (χ0v) is 26.7. The van der Waals surface area contributed by atoms with Crippen LogP contribution in [0.2, 0.25) is 5.02 Å². The molecule has 3 heterocycles. The van der Waals surface area contributed by atoms with Gasteiger partial charge in [0.15, 0.2) is 12.1 Å². The van der Waals surface area contributed by atoms with Crippen molar-refractivity contribution in [3.8, 4) is 0 Å². The van der Waals surface area contributed by atoms with Gasteiger partial charge in [-0.1, -0.05) is 63.5 Å². The van der Waals surface area contributed by atoms with Gasteiger partial charge in [-0.25, -0.2) is 17.9 Å². The van der Waals surface area contributed by atoms with Gasteiger partial charge in [-0.05, 0) is 70.5 Å². The second-order valence-corrected chi connectivity index (χ2v) is 14.0. The largest absolute Gasteiger partial charge is 0.441 e. The molecule has 0 unspecified atom stereocenters. The fourth-order valence-electron chi connectivity index (χ4n) is 5.82. The van der Waals surface area contributed by atoms with E-state index >= 15 is 0 Å². The summed E-state index contributed by atoms with van der Waals surface area (Å²) in [6, 6.07) is 5.54. The van der Waals surface area contributed by atoms with Crippen LogP contribution in [0.15, 0.2) is 29.2 Å². The Morgan fingerprint density at radius 1 is 1.05 bits per heavy atom. The summed E-state index contributed by atoms with van der Waals surface area (Å²) in [5, 5.41) is 0.386. The first kappa shape index (κ1) is 33.4. The number of ether oxygens (including phenoxy) is 5. The van der Waals surface area contributed by atoms with Crippen molar-refractivity contribution < 1.29 is 36.9 Å². The molecule has 42 heavy (non-hydrogen) atoms. The highest BCUT2D eigenvalue weighted by molar-refractivity contribution is 7.90. The summed E-state index contributed by atoms with van der Waals surface area (Å²) in [7, 11) is -4.17. The second kappa shape index (κ2) is 15.5. The number of rotatable bonds is 16. The first-order chi connectivity index (χ1) is 20.1. The highest BCUT2D eigenvalue weighted by Crippen LogP contribution is 2.40. The molecule has 0 bridgehead atoms. The predicted octanol–water partition coefficient (Wildman–Crippen LogP) is 5.62. The number of hydrogen-bond donors (Lipinski definition) is 1. The lowest BCUT2D eigenvalue weighted by Crippen LogP contribution is -2.50. The van der Waals surface area contributed by atoms with Gasteiger partial charge in [-0.15, -0.1) is 0 Å². The SMILES string of the molecule is CCCCCCCCCCO[C@@H]1[C@H]2OC(C)(C)O[C@H]2O[C@@H]1[C@@H](CN1CCCC1)OC(=O)NS(=O)(=O)c1ccc(Cl)cc1. The van der Waals surface area contributed by atoms with Gasteiger partial charge in [-0.2, -0.15) is 0 Å². The third kappa shape index (κ3) is 9.51. The minimum atomic E-state index is -4.17. The van der Waals surface area contributed by atoms with E-state index in [4.69, 9.17) is 35.3 Å². The molecule has 1 amide bonds. The Balaban J connectivity index is 1.41. The molecule has 3 saturated heterocycles. The lowest BCUT2D eigenvalue weighted by Gasteiger charge is -2.32. The second-order valence-electron chi connectivity index (χ2n) is 11.9. The Labute approximate surface area is 255 Å². The van der Waals surface area contributed by atoms with E-state index in [-0.39, 0.29) is 4.90 Å².